The number of ether oxygens (including phenoxy) is 1. The molecule has 1 aliphatic heterocycles. The summed E-state index contributed by atoms with van der Waals surface area (Å²) in [7, 11) is -5.50. The van der Waals surface area contributed by atoms with Gasteiger partial charge in [0, 0.05) is 18.8 Å². The minimum Gasteiger partial charge on any atom is -0.452 e. The Morgan fingerprint density at radius 1 is 1.09 bits per heavy atom. The number of nitrogens with one attached hydrogen (secondary N) is 1. The third-order valence-corrected chi connectivity index (χ3v) is 8.33. The van der Waals surface area contributed by atoms with Gasteiger partial charge in [0.2, 0.25) is 0 Å². The third-order valence-electron chi connectivity index (χ3n) is 5.18. The molecule has 1 N–H and O–H groups in total. The fourth-order valence-corrected chi connectivity index (χ4v) is 6.04. The van der Waals surface area contributed by atoms with Gasteiger partial charge in [0.25, 0.3) is 15.9 Å². The second kappa shape index (κ2) is 9.29. The second-order valence-corrected chi connectivity index (χ2v) is 11.5. The van der Waals surface area contributed by atoms with Crippen molar-refractivity contribution >= 4 is 37.4 Å². The number of carbonyl (C=O) groups is 2. The van der Waals surface area contributed by atoms with Crippen LogP contribution in [0, 0.1) is 6.92 Å². The van der Waals surface area contributed by atoms with Gasteiger partial charge >= 0.3 is 5.97 Å². The largest absolute Gasteiger partial charge is 0.452 e. The normalized spacial score (nSPS) is 17.5. The molecule has 1 heterocycles. The number of amides is 1. The predicted octanol–water partition coefficient (Wildman–Crippen LogP) is 1.60. The van der Waals surface area contributed by atoms with Crippen LogP contribution >= 0.6 is 0 Å². The van der Waals surface area contributed by atoms with Crippen molar-refractivity contribution < 1.29 is 31.2 Å². The zero-order chi connectivity index (χ0) is 23.5. The van der Waals surface area contributed by atoms with E-state index >= 15 is 0 Å². The molecule has 1 fully saturated rings. The molecule has 1 saturated heterocycles. The molecule has 1 unspecified atom stereocenters. The maximum atomic E-state index is 12.5. The molecule has 0 radical (unpaired) electrons. The molecule has 0 aliphatic carbocycles. The number of aryl methyl sites for hydroxylation is 1. The molecule has 0 saturated carbocycles. The number of likely N-dealkylation sites (N-methyl/N-ethyl adjacent to an activating group) is 1. The lowest BCUT2D eigenvalue weighted by atomic mass is 10.2. The summed E-state index contributed by atoms with van der Waals surface area (Å²) in [6.45, 7) is 1.35. The number of carbonyl (C=O) groups excluding carboxylic acids is 2. The lowest BCUT2D eigenvalue weighted by molar-refractivity contribution is -0.134. The Labute approximate surface area is 187 Å². The lowest BCUT2D eigenvalue weighted by Crippen LogP contribution is -2.40. The molecule has 32 heavy (non-hydrogen) atoms. The molecule has 2 aromatic carbocycles. The molecule has 11 heteroatoms. The molecule has 2 aromatic rings. The van der Waals surface area contributed by atoms with Crippen LogP contribution in [0.25, 0.3) is 0 Å². The number of rotatable bonds is 7. The van der Waals surface area contributed by atoms with Crippen molar-refractivity contribution in [1.29, 1.82) is 0 Å². The van der Waals surface area contributed by atoms with E-state index in [9.17, 15) is 26.4 Å². The SMILES string of the molecule is Cc1ccc(NS(=O)(=O)c2ccc(C(=O)OCC(=O)N(C)C3CCS(=O)(=O)C3)cc2)cc1. The summed E-state index contributed by atoms with van der Waals surface area (Å²) >= 11 is 0. The molecule has 172 valence electrons. The van der Waals surface area contributed by atoms with Crippen LogP contribution in [0.4, 0.5) is 5.69 Å². The fraction of sp³-hybridized carbons (Fsp3) is 0.333. The molecule has 3 rings (SSSR count). The van der Waals surface area contributed by atoms with Crippen LogP contribution in [0.1, 0.15) is 22.3 Å². The quantitative estimate of drug-likeness (QED) is 0.596. The monoisotopic (exact) mass is 480 g/mol. The van der Waals surface area contributed by atoms with Gasteiger partial charge < -0.3 is 9.64 Å². The van der Waals surface area contributed by atoms with Crippen molar-refractivity contribution in [2.45, 2.75) is 24.3 Å². The first-order valence-electron chi connectivity index (χ1n) is 9.80. The van der Waals surface area contributed by atoms with E-state index in [-0.39, 0.29) is 22.0 Å². The second-order valence-electron chi connectivity index (χ2n) is 7.63. The lowest BCUT2D eigenvalue weighted by Gasteiger charge is -2.23. The number of nitrogens with zero attached hydrogens (tertiary/aromatic N) is 1. The van der Waals surface area contributed by atoms with Gasteiger partial charge in [-0.15, -0.1) is 0 Å². The van der Waals surface area contributed by atoms with E-state index < -0.39 is 44.4 Å². The molecular weight excluding hydrogens is 456 g/mol. The van der Waals surface area contributed by atoms with Crippen LogP contribution in [-0.2, 0) is 29.4 Å². The highest BCUT2D eigenvalue weighted by molar-refractivity contribution is 7.92. The molecular formula is C21H24N2O7S2. The summed E-state index contributed by atoms with van der Waals surface area (Å²) < 4.78 is 55.6. The molecule has 1 amide bonds. The Hall–Kier alpha value is -2.92. The van der Waals surface area contributed by atoms with Gasteiger partial charge in [-0.2, -0.15) is 0 Å². The van der Waals surface area contributed by atoms with Gasteiger partial charge in [-0.25, -0.2) is 21.6 Å². The number of benzene rings is 2. The van der Waals surface area contributed by atoms with Crippen molar-refractivity contribution in [1.82, 2.24) is 4.90 Å². The van der Waals surface area contributed by atoms with E-state index in [4.69, 9.17) is 4.74 Å². The van der Waals surface area contributed by atoms with Crippen molar-refractivity contribution in [2.24, 2.45) is 0 Å². The maximum absolute atomic E-state index is 12.5. The molecule has 9 nitrogen and oxygen atoms in total. The van der Waals surface area contributed by atoms with Crippen molar-refractivity contribution in [3.8, 4) is 0 Å². The summed E-state index contributed by atoms with van der Waals surface area (Å²) in [5, 5.41) is 0. The van der Waals surface area contributed by atoms with Gasteiger partial charge in [-0.05, 0) is 49.7 Å². The van der Waals surface area contributed by atoms with Crippen LogP contribution < -0.4 is 4.72 Å². The molecule has 1 aliphatic rings. The first-order chi connectivity index (χ1) is 15.0. The number of esters is 1. The van der Waals surface area contributed by atoms with Crippen molar-refractivity contribution in [2.75, 3.05) is 29.9 Å². The Morgan fingerprint density at radius 3 is 2.28 bits per heavy atom. The number of hydrogen-bond acceptors (Lipinski definition) is 7. The number of sulfonamides is 1. The van der Waals surface area contributed by atoms with E-state index in [1.165, 1.54) is 36.2 Å². The van der Waals surface area contributed by atoms with E-state index in [1.54, 1.807) is 24.3 Å². The van der Waals surface area contributed by atoms with Gasteiger partial charge in [0.05, 0.1) is 22.0 Å². The van der Waals surface area contributed by atoms with Crippen LogP contribution in [0.3, 0.4) is 0 Å². The van der Waals surface area contributed by atoms with Gasteiger partial charge in [0.15, 0.2) is 16.4 Å². The molecule has 0 spiro atoms. The Bertz CT molecular complexity index is 1210. The topological polar surface area (TPSA) is 127 Å². The van der Waals surface area contributed by atoms with Gasteiger partial charge in [0.1, 0.15) is 0 Å². The fourth-order valence-electron chi connectivity index (χ4n) is 3.20. The first-order valence-corrected chi connectivity index (χ1v) is 13.1. The average molecular weight is 481 g/mol. The van der Waals surface area contributed by atoms with E-state index in [0.717, 1.165) is 5.56 Å². The Morgan fingerprint density at radius 2 is 1.72 bits per heavy atom. The number of sulfone groups is 1. The highest BCUT2D eigenvalue weighted by Gasteiger charge is 2.33. The summed E-state index contributed by atoms with van der Waals surface area (Å²) in [5.74, 6) is -1.37. The summed E-state index contributed by atoms with van der Waals surface area (Å²) in [6.07, 6.45) is 0.352. The molecule has 0 aromatic heterocycles. The molecule has 0 bridgehead atoms. The van der Waals surface area contributed by atoms with E-state index in [2.05, 4.69) is 4.72 Å². The Balaban J connectivity index is 1.57. The van der Waals surface area contributed by atoms with Crippen molar-refractivity contribution in [3.63, 3.8) is 0 Å². The predicted molar refractivity (Wildman–Crippen MR) is 119 cm³/mol. The summed E-state index contributed by atoms with van der Waals surface area (Å²) in [6, 6.07) is 11.5. The minimum absolute atomic E-state index is 0.0309. The maximum Gasteiger partial charge on any atom is 0.338 e. The zero-order valence-corrected chi connectivity index (χ0v) is 19.3. The molecule has 1 atom stereocenters. The summed E-state index contributed by atoms with van der Waals surface area (Å²) in [4.78, 5) is 25.7. The highest BCUT2D eigenvalue weighted by atomic mass is 32.2. The number of anilines is 1. The minimum atomic E-state index is -3.84. The highest BCUT2D eigenvalue weighted by Crippen LogP contribution is 2.18. The van der Waals surface area contributed by atoms with Gasteiger partial charge in [-0.3, -0.25) is 9.52 Å². The first kappa shape index (κ1) is 23.7. The third kappa shape index (κ3) is 5.86. The van der Waals surface area contributed by atoms with Crippen molar-refractivity contribution in [3.05, 3.63) is 59.7 Å². The van der Waals surface area contributed by atoms with Gasteiger partial charge in [-0.1, -0.05) is 17.7 Å². The summed E-state index contributed by atoms with van der Waals surface area (Å²) in [5.41, 5.74) is 1.49. The van der Waals surface area contributed by atoms with E-state index in [1.807, 2.05) is 6.92 Å². The van der Waals surface area contributed by atoms with Crippen LogP contribution in [0.2, 0.25) is 0 Å². The smallest absolute Gasteiger partial charge is 0.338 e. The van der Waals surface area contributed by atoms with Crippen LogP contribution in [0.5, 0.6) is 0 Å². The van der Waals surface area contributed by atoms with Crippen LogP contribution in [-0.4, -0.2) is 64.8 Å². The zero-order valence-electron chi connectivity index (χ0n) is 17.6. The van der Waals surface area contributed by atoms with Crippen LogP contribution in [0.15, 0.2) is 53.4 Å². The van der Waals surface area contributed by atoms with E-state index in [0.29, 0.717) is 12.1 Å². The Kier molecular flexibility index (Phi) is 6.89. The standard InChI is InChI=1S/C21H24N2O7S2/c1-15-3-7-17(8-4-15)22-32(28,29)19-9-5-16(6-10-19)21(25)30-13-20(24)23(2)18-11-12-31(26,27)14-18/h3-10,18,22H,11-14H2,1-2H3. The number of hydrogen-bond donors (Lipinski definition) is 1. The average Bonchev–Trinajstić information content (AvgIpc) is 3.12.